The summed E-state index contributed by atoms with van der Waals surface area (Å²) in [6.07, 6.45) is 0.832. The van der Waals surface area contributed by atoms with Crippen LogP contribution in [0.4, 0.5) is 5.69 Å². The van der Waals surface area contributed by atoms with Crippen molar-refractivity contribution in [2.24, 2.45) is 0 Å². The van der Waals surface area contributed by atoms with Crippen LogP contribution >= 0.6 is 0 Å². The number of carbonyl (C=O) groups is 1. The van der Waals surface area contributed by atoms with Crippen molar-refractivity contribution >= 4 is 11.6 Å². The Hall–Kier alpha value is -3.08. The Bertz CT molecular complexity index is 812. The zero-order valence-corrected chi connectivity index (χ0v) is 13.4. The Balaban J connectivity index is 1.63. The first-order valence-corrected chi connectivity index (χ1v) is 7.79. The molecule has 1 heterocycles. The molecule has 0 aliphatic rings. The van der Waals surface area contributed by atoms with Gasteiger partial charge in [0, 0.05) is 5.69 Å². The monoisotopic (exact) mass is 322 g/mol. The Kier molecular flexibility index (Phi) is 4.91. The highest BCUT2D eigenvalue weighted by Gasteiger charge is 2.15. The lowest BCUT2D eigenvalue weighted by atomic mass is 10.1. The van der Waals surface area contributed by atoms with Crippen molar-refractivity contribution < 1.29 is 14.1 Å². The van der Waals surface area contributed by atoms with Crippen molar-refractivity contribution in [3.05, 3.63) is 77.6 Å². The van der Waals surface area contributed by atoms with Crippen LogP contribution in [0.3, 0.4) is 0 Å². The predicted molar refractivity (Wildman–Crippen MR) is 91.1 cm³/mol. The maximum atomic E-state index is 12.3. The summed E-state index contributed by atoms with van der Waals surface area (Å²) in [6, 6.07) is 18.9. The Labute approximate surface area is 140 Å². The number of benzene rings is 2. The van der Waals surface area contributed by atoms with E-state index in [1.54, 1.807) is 0 Å². The lowest BCUT2D eigenvalue weighted by Gasteiger charge is -2.07. The first-order chi connectivity index (χ1) is 11.8. The number of rotatable bonds is 6. The van der Waals surface area contributed by atoms with Gasteiger partial charge in [-0.25, -0.2) is 0 Å². The van der Waals surface area contributed by atoms with Gasteiger partial charge in [0.05, 0.1) is 6.07 Å². The number of nitrogens with one attached hydrogen (secondary N) is 1. The molecular formula is C19H18N2O3. The van der Waals surface area contributed by atoms with E-state index in [9.17, 15) is 4.79 Å². The van der Waals surface area contributed by atoms with Crippen molar-refractivity contribution in [2.45, 2.75) is 20.0 Å². The molecule has 0 aliphatic carbocycles. The van der Waals surface area contributed by atoms with E-state index in [2.05, 4.69) is 10.5 Å². The average Bonchev–Trinajstić information content (AvgIpc) is 3.10. The third kappa shape index (κ3) is 3.81. The maximum Gasteiger partial charge on any atom is 0.294 e. The molecule has 0 saturated carbocycles. The predicted octanol–water partition coefficient (Wildman–Crippen LogP) is 4.07. The van der Waals surface area contributed by atoms with Gasteiger partial charge in [0.25, 0.3) is 11.8 Å². The number of aromatic nitrogens is 1. The zero-order chi connectivity index (χ0) is 16.8. The molecule has 5 heteroatoms. The second-order valence-electron chi connectivity index (χ2n) is 5.27. The van der Waals surface area contributed by atoms with Gasteiger partial charge in [-0.3, -0.25) is 4.79 Å². The van der Waals surface area contributed by atoms with E-state index in [-0.39, 0.29) is 17.5 Å². The summed E-state index contributed by atoms with van der Waals surface area (Å²) in [4.78, 5) is 12.3. The molecule has 3 rings (SSSR count). The Morgan fingerprint density at radius 3 is 2.67 bits per heavy atom. The van der Waals surface area contributed by atoms with Gasteiger partial charge in [-0.05, 0) is 28.8 Å². The molecule has 1 N–H and O–H groups in total. The number of ether oxygens (including phenoxy) is 1. The van der Waals surface area contributed by atoms with E-state index in [0.29, 0.717) is 6.61 Å². The molecule has 122 valence electrons. The molecule has 24 heavy (non-hydrogen) atoms. The van der Waals surface area contributed by atoms with Crippen molar-refractivity contribution in [1.82, 2.24) is 5.16 Å². The highest BCUT2D eigenvalue weighted by atomic mass is 16.5. The largest absolute Gasteiger partial charge is 0.471 e. The standard InChI is InChI=1S/C19H18N2O3/c1-2-15-10-6-7-11-16(15)20-19(22)17-12-18(21-24-17)23-13-14-8-4-3-5-9-14/h3-12H,2,13H2,1H3,(H,20,22). The van der Waals surface area contributed by atoms with Crippen LogP contribution in [-0.2, 0) is 13.0 Å². The highest BCUT2D eigenvalue weighted by molar-refractivity contribution is 6.02. The third-order valence-corrected chi connectivity index (χ3v) is 3.59. The number of anilines is 1. The van der Waals surface area contributed by atoms with Crippen LogP contribution in [0, 0.1) is 0 Å². The minimum atomic E-state index is -0.349. The maximum absolute atomic E-state index is 12.3. The van der Waals surface area contributed by atoms with Crippen LogP contribution in [0.25, 0.3) is 0 Å². The van der Waals surface area contributed by atoms with Gasteiger partial charge in [-0.2, -0.15) is 0 Å². The lowest BCUT2D eigenvalue weighted by Crippen LogP contribution is -2.12. The van der Waals surface area contributed by atoms with Gasteiger partial charge in [0.2, 0.25) is 5.76 Å². The first kappa shape index (κ1) is 15.8. The molecule has 2 aromatic carbocycles. The van der Waals surface area contributed by atoms with Crippen molar-refractivity contribution in [3.8, 4) is 5.88 Å². The number of nitrogens with zero attached hydrogens (tertiary/aromatic N) is 1. The Morgan fingerprint density at radius 2 is 1.88 bits per heavy atom. The molecule has 0 spiro atoms. The molecule has 0 aliphatic heterocycles. The molecule has 0 saturated heterocycles. The number of amides is 1. The van der Waals surface area contributed by atoms with E-state index in [4.69, 9.17) is 9.26 Å². The Morgan fingerprint density at radius 1 is 1.12 bits per heavy atom. The number of para-hydroxylation sites is 1. The number of hydrogen-bond acceptors (Lipinski definition) is 4. The topological polar surface area (TPSA) is 64.4 Å². The normalized spacial score (nSPS) is 10.4. The zero-order valence-electron chi connectivity index (χ0n) is 13.4. The van der Waals surface area contributed by atoms with E-state index < -0.39 is 0 Å². The van der Waals surface area contributed by atoms with Crippen LogP contribution in [0.1, 0.15) is 28.6 Å². The fraction of sp³-hybridized carbons (Fsp3) is 0.158. The number of hydrogen-bond donors (Lipinski definition) is 1. The van der Waals surface area contributed by atoms with E-state index in [1.165, 1.54) is 6.07 Å². The van der Waals surface area contributed by atoms with E-state index in [1.807, 2.05) is 61.5 Å². The molecule has 0 fully saturated rings. The van der Waals surface area contributed by atoms with Crippen LogP contribution in [-0.4, -0.2) is 11.1 Å². The summed E-state index contributed by atoms with van der Waals surface area (Å²) in [6.45, 7) is 2.40. The number of aryl methyl sites for hydroxylation is 1. The summed E-state index contributed by atoms with van der Waals surface area (Å²) in [5, 5.41) is 6.62. The molecular weight excluding hydrogens is 304 g/mol. The van der Waals surface area contributed by atoms with Crippen molar-refractivity contribution in [3.63, 3.8) is 0 Å². The molecule has 0 radical (unpaired) electrons. The van der Waals surface area contributed by atoms with Crippen LogP contribution in [0.5, 0.6) is 5.88 Å². The van der Waals surface area contributed by atoms with Crippen molar-refractivity contribution in [1.29, 1.82) is 0 Å². The van der Waals surface area contributed by atoms with Gasteiger partial charge < -0.3 is 14.6 Å². The highest BCUT2D eigenvalue weighted by Crippen LogP contribution is 2.18. The quantitative estimate of drug-likeness (QED) is 0.743. The molecule has 1 amide bonds. The number of carbonyl (C=O) groups excluding carboxylic acids is 1. The van der Waals surface area contributed by atoms with Gasteiger partial charge >= 0.3 is 0 Å². The van der Waals surface area contributed by atoms with Gasteiger partial charge in [-0.15, -0.1) is 0 Å². The van der Waals surface area contributed by atoms with Crippen molar-refractivity contribution in [2.75, 3.05) is 5.32 Å². The van der Waals surface area contributed by atoms with Crippen LogP contribution in [0.2, 0.25) is 0 Å². The molecule has 3 aromatic rings. The van der Waals surface area contributed by atoms with Gasteiger partial charge in [0.15, 0.2) is 0 Å². The summed E-state index contributed by atoms with van der Waals surface area (Å²) in [5.41, 5.74) is 2.85. The molecule has 0 unspecified atom stereocenters. The van der Waals surface area contributed by atoms with Crippen LogP contribution < -0.4 is 10.1 Å². The SMILES string of the molecule is CCc1ccccc1NC(=O)c1cc(OCc2ccccc2)no1. The second kappa shape index (κ2) is 7.46. The summed E-state index contributed by atoms with van der Waals surface area (Å²) in [7, 11) is 0. The molecule has 5 nitrogen and oxygen atoms in total. The lowest BCUT2D eigenvalue weighted by molar-refractivity contribution is 0.0987. The van der Waals surface area contributed by atoms with Gasteiger partial charge in [0.1, 0.15) is 6.61 Å². The molecule has 1 aromatic heterocycles. The third-order valence-electron chi connectivity index (χ3n) is 3.59. The smallest absolute Gasteiger partial charge is 0.294 e. The average molecular weight is 322 g/mol. The van der Waals surface area contributed by atoms with Crippen LogP contribution in [0.15, 0.2) is 65.2 Å². The second-order valence-corrected chi connectivity index (χ2v) is 5.27. The van der Waals surface area contributed by atoms with Gasteiger partial charge in [-0.1, -0.05) is 55.5 Å². The fourth-order valence-electron chi connectivity index (χ4n) is 2.30. The first-order valence-electron chi connectivity index (χ1n) is 7.79. The van der Waals surface area contributed by atoms with E-state index >= 15 is 0 Å². The van der Waals surface area contributed by atoms with E-state index in [0.717, 1.165) is 23.2 Å². The summed E-state index contributed by atoms with van der Waals surface area (Å²) >= 11 is 0. The minimum Gasteiger partial charge on any atom is -0.471 e. The molecule has 0 atom stereocenters. The summed E-state index contributed by atoms with van der Waals surface area (Å²) < 4.78 is 10.6. The fourth-order valence-corrected chi connectivity index (χ4v) is 2.30. The molecule has 0 bridgehead atoms. The summed E-state index contributed by atoms with van der Waals surface area (Å²) in [5.74, 6) is 0.0507. The minimum absolute atomic E-state index is 0.115.